The quantitative estimate of drug-likeness (QED) is 0.753. The average molecular weight is 262 g/mol. The maximum Gasteiger partial charge on any atom is 0.394 e. The number of hydrogen-bond acceptors (Lipinski definition) is 3. The summed E-state index contributed by atoms with van der Waals surface area (Å²) in [5.74, 6) is -2.43. The van der Waals surface area contributed by atoms with Gasteiger partial charge in [0.1, 0.15) is 0 Å². The predicted octanol–water partition coefficient (Wildman–Crippen LogP) is 0.643. The number of rotatable bonds is 1. The van der Waals surface area contributed by atoms with Crippen molar-refractivity contribution in [1.82, 2.24) is 0 Å². The zero-order valence-electron chi connectivity index (χ0n) is 10.7. The number of likely N-dealkylation sites (N-methyl/N-ethyl adjacent to an activating group) is 1. The number of aliphatic carboxylic acids is 1. The highest BCUT2D eigenvalue weighted by Gasteiger charge is 2.23. The Labute approximate surface area is 110 Å². The van der Waals surface area contributed by atoms with E-state index in [2.05, 4.69) is 0 Å². The summed E-state index contributed by atoms with van der Waals surface area (Å²) in [6.07, 6.45) is 1.02. The number of aryl methyl sites for hydroxylation is 1. The number of carbonyl (C=O) groups excluding carboxylic acids is 2. The average Bonchev–Trinajstić information content (AvgIpc) is 2.40. The van der Waals surface area contributed by atoms with Crippen LogP contribution in [0.15, 0.2) is 18.2 Å². The molecule has 0 aromatic heterocycles. The molecule has 0 fully saturated rings. The normalized spacial score (nSPS) is 14.0. The summed E-state index contributed by atoms with van der Waals surface area (Å²) >= 11 is 0. The summed E-state index contributed by atoms with van der Waals surface area (Å²) in [7, 11) is 3.11. The van der Waals surface area contributed by atoms with E-state index in [9.17, 15) is 14.4 Å². The van der Waals surface area contributed by atoms with Crippen LogP contribution in [-0.2, 0) is 20.8 Å². The Morgan fingerprint density at radius 2 is 2.00 bits per heavy atom. The number of carboxylic acid groups (broad SMARTS) is 1. The van der Waals surface area contributed by atoms with Crippen molar-refractivity contribution in [2.45, 2.75) is 12.8 Å². The van der Waals surface area contributed by atoms with E-state index in [1.807, 2.05) is 0 Å². The Morgan fingerprint density at radius 1 is 1.32 bits per heavy atom. The van der Waals surface area contributed by atoms with E-state index < -0.39 is 11.9 Å². The Balaban J connectivity index is 2.34. The molecule has 6 nitrogen and oxygen atoms in total. The number of benzene rings is 1. The summed E-state index contributed by atoms with van der Waals surface area (Å²) in [6, 6.07) is 5.11. The van der Waals surface area contributed by atoms with Gasteiger partial charge in [-0.25, -0.2) is 4.79 Å². The van der Waals surface area contributed by atoms with E-state index in [1.165, 1.54) is 7.05 Å². The van der Waals surface area contributed by atoms with Gasteiger partial charge in [0.15, 0.2) is 0 Å². The lowest BCUT2D eigenvalue weighted by Crippen LogP contribution is -2.34. The molecule has 0 radical (unpaired) electrons. The van der Waals surface area contributed by atoms with Gasteiger partial charge in [0.25, 0.3) is 0 Å². The van der Waals surface area contributed by atoms with Gasteiger partial charge >= 0.3 is 11.9 Å². The molecule has 100 valence electrons. The topological polar surface area (TPSA) is 77.9 Å². The van der Waals surface area contributed by atoms with Gasteiger partial charge in [-0.3, -0.25) is 9.59 Å². The first-order chi connectivity index (χ1) is 8.91. The molecule has 19 heavy (non-hydrogen) atoms. The molecule has 0 aliphatic carbocycles. The van der Waals surface area contributed by atoms with Crippen LogP contribution >= 0.6 is 0 Å². The van der Waals surface area contributed by atoms with Crippen molar-refractivity contribution in [3.63, 3.8) is 0 Å². The highest BCUT2D eigenvalue weighted by atomic mass is 16.4. The molecule has 1 heterocycles. The van der Waals surface area contributed by atoms with E-state index in [0.29, 0.717) is 18.5 Å². The Morgan fingerprint density at radius 3 is 2.63 bits per heavy atom. The van der Waals surface area contributed by atoms with Crippen LogP contribution in [0.3, 0.4) is 0 Å². The monoisotopic (exact) mass is 262 g/mol. The van der Waals surface area contributed by atoms with Gasteiger partial charge in [-0.2, -0.15) is 0 Å². The van der Waals surface area contributed by atoms with Crippen molar-refractivity contribution >= 4 is 29.2 Å². The molecule has 1 aromatic rings. The van der Waals surface area contributed by atoms with Gasteiger partial charge in [0, 0.05) is 31.9 Å². The minimum Gasteiger partial charge on any atom is -0.474 e. The van der Waals surface area contributed by atoms with E-state index >= 15 is 0 Å². The zero-order chi connectivity index (χ0) is 14.2. The Bertz CT molecular complexity index is 568. The van der Waals surface area contributed by atoms with Gasteiger partial charge in [-0.05, 0) is 30.2 Å². The van der Waals surface area contributed by atoms with Crippen LogP contribution in [0, 0.1) is 0 Å². The maximum atomic E-state index is 11.6. The summed E-state index contributed by atoms with van der Waals surface area (Å²) < 4.78 is 0. The zero-order valence-corrected chi connectivity index (χ0v) is 10.7. The molecule has 0 spiro atoms. The lowest BCUT2D eigenvalue weighted by Gasteiger charge is -2.27. The molecule has 6 heteroatoms. The van der Waals surface area contributed by atoms with Crippen molar-refractivity contribution in [3.05, 3.63) is 23.8 Å². The first-order valence-electron chi connectivity index (χ1n) is 5.82. The fourth-order valence-electron chi connectivity index (χ4n) is 2.11. The van der Waals surface area contributed by atoms with Crippen LogP contribution in [0.1, 0.15) is 12.0 Å². The number of fused-ring (bicyclic) bond motifs is 1. The number of anilines is 2. The van der Waals surface area contributed by atoms with Crippen molar-refractivity contribution in [2.24, 2.45) is 0 Å². The van der Waals surface area contributed by atoms with E-state index in [-0.39, 0.29) is 5.91 Å². The molecule has 2 amide bonds. The van der Waals surface area contributed by atoms with Gasteiger partial charge in [0.2, 0.25) is 5.91 Å². The first-order valence-corrected chi connectivity index (χ1v) is 5.82. The maximum absolute atomic E-state index is 11.6. The SMILES string of the molecule is CN(C(=O)C(=O)O)c1ccc2c(c1)CCC(=O)N2C. The molecular formula is C13H14N2O4. The molecule has 1 aliphatic rings. The summed E-state index contributed by atoms with van der Waals surface area (Å²) in [5, 5.41) is 8.68. The standard InChI is InChI=1S/C13H14N2O4/c1-14(12(17)13(18)19)9-4-5-10-8(7-9)3-6-11(16)15(10)2/h4-5,7H,3,6H2,1-2H3,(H,18,19). The largest absolute Gasteiger partial charge is 0.474 e. The van der Waals surface area contributed by atoms with Gasteiger partial charge < -0.3 is 14.9 Å². The summed E-state index contributed by atoms with van der Waals surface area (Å²) in [6.45, 7) is 0. The highest BCUT2D eigenvalue weighted by molar-refractivity contribution is 6.37. The fraction of sp³-hybridized carbons (Fsp3) is 0.308. The lowest BCUT2D eigenvalue weighted by atomic mass is 10.0. The highest BCUT2D eigenvalue weighted by Crippen LogP contribution is 2.30. The summed E-state index contributed by atoms with van der Waals surface area (Å²) in [5.41, 5.74) is 2.25. The van der Waals surface area contributed by atoms with Gasteiger partial charge in [-0.15, -0.1) is 0 Å². The lowest BCUT2D eigenvalue weighted by molar-refractivity contribution is -0.148. The molecule has 2 rings (SSSR count). The molecule has 1 aliphatic heterocycles. The predicted molar refractivity (Wildman–Crippen MR) is 69.2 cm³/mol. The first kappa shape index (κ1) is 13.1. The number of amides is 2. The Kier molecular flexibility index (Phi) is 3.25. The van der Waals surface area contributed by atoms with Crippen molar-refractivity contribution in [2.75, 3.05) is 23.9 Å². The number of carbonyl (C=O) groups is 3. The minimum absolute atomic E-state index is 0.0511. The third-order valence-electron chi connectivity index (χ3n) is 3.28. The molecular weight excluding hydrogens is 248 g/mol. The number of hydrogen-bond donors (Lipinski definition) is 1. The van der Waals surface area contributed by atoms with Crippen molar-refractivity contribution in [1.29, 1.82) is 0 Å². The van der Waals surface area contributed by atoms with E-state index in [4.69, 9.17) is 5.11 Å². The minimum atomic E-state index is -1.49. The van der Waals surface area contributed by atoms with Crippen LogP contribution < -0.4 is 9.80 Å². The molecule has 0 saturated carbocycles. The van der Waals surface area contributed by atoms with Crippen LogP contribution in [0.25, 0.3) is 0 Å². The fourth-order valence-corrected chi connectivity index (χ4v) is 2.11. The van der Waals surface area contributed by atoms with Gasteiger partial charge in [0.05, 0.1) is 0 Å². The van der Waals surface area contributed by atoms with Crippen molar-refractivity contribution < 1.29 is 19.5 Å². The van der Waals surface area contributed by atoms with E-state index in [0.717, 1.165) is 16.2 Å². The van der Waals surface area contributed by atoms with Crippen molar-refractivity contribution in [3.8, 4) is 0 Å². The molecule has 0 unspecified atom stereocenters. The van der Waals surface area contributed by atoms with Crippen LogP contribution in [0.4, 0.5) is 11.4 Å². The second-order valence-corrected chi connectivity index (χ2v) is 4.44. The molecule has 0 atom stereocenters. The van der Waals surface area contributed by atoms with Crippen LogP contribution in [-0.4, -0.2) is 37.0 Å². The smallest absolute Gasteiger partial charge is 0.394 e. The van der Waals surface area contributed by atoms with E-state index in [1.54, 1.807) is 30.1 Å². The number of nitrogens with zero attached hydrogens (tertiary/aromatic N) is 2. The molecule has 0 saturated heterocycles. The summed E-state index contributed by atoms with van der Waals surface area (Å²) in [4.78, 5) is 36.3. The molecule has 1 aromatic carbocycles. The number of carboxylic acids is 1. The van der Waals surface area contributed by atoms with Crippen LogP contribution in [0.2, 0.25) is 0 Å². The molecule has 0 bridgehead atoms. The van der Waals surface area contributed by atoms with Gasteiger partial charge in [-0.1, -0.05) is 0 Å². The third kappa shape index (κ3) is 2.29. The third-order valence-corrected chi connectivity index (χ3v) is 3.28. The Hall–Kier alpha value is -2.37. The second-order valence-electron chi connectivity index (χ2n) is 4.44. The van der Waals surface area contributed by atoms with Crippen LogP contribution in [0.5, 0.6) is 0 Å². The second kappa shape index (κ2) is 4.72. The molecule has 1 N–H and O–H groups in total.